The predicted molar refractivity (Wildman–Crippen MR) is 146 cm³/mol. The number of nitrogens with zero attached hydrogens (tertiary/aromatic N) is 5. The first kappa shape index (κ1) is 26.5. The van der Waals surface area contributed by atoms with Crippen molar-refractivity contribution in [1.29, 1.82) is 0 Å². The molecule has 0 unspecified atom stereocenters. The number of fused-ring (bicyclic) bond motifs is 1. The second-order valence-electron chi connectivity index (χ2n) is 9.99. The quantitative estimate of drug-likeness (QED) is 0.417. The van der Waals surface area contributed by atoms with Crippen LogP contribution in [0.4, 0.5) is 5.82 Å². The molecule has 0 amide bonds. The van der Waals surface area contributed by atoms with Crippen molar-refractivity contribution < 1.29 is 8.42 Å². The van der Waals surface area contributed by atoms with Crippen LogP contribution in [0.15, 0.2) is 53.4 Å². The second kappa shape index (κ2) is 11.6. The Labute approximate surface area is 215 Å². The lowest BCUT2D eigenvalue weighted by Gasteiger charge is -2.33. The van der Waals surface area contributed by atoms with Gasteiger partial charge < -0.3 is 10.2 Å². The van der Waals surface area contributed by atoms with Crippen molar-refractivity contribution >= 4 is 26.7 Å². The Hall–Kier alpha value is -2.59. The maximum Gasteiger partial charge on any atom is 0.243 e. The molecule has 3 aromatic rings. The molecule has 1 fully saturated rings. The van der Waals surface area contributed by atoms with Crippen LogP contribution in [-0.4, -0.2) is 85.9 Å². The summed E-state index contributed by atoms with van der Waals surface area (Å²) in [6.07, 6.45) is 1.03. The number of piperazine rings is 1. The Bertz CT molecular complexity index is 1250. The van der Waals surface area contributed by atoms with E-state index < -0.39 is 10.0 Å². The molecule has 1 aliphatic rings. The highest BCUT2D eigenvalue weighted by atomic mass is 32.2. The molecule has 4 rings (SSSR count). The van der Waals surface area contributed by atoms with Gasteiger partial charge in [-0.25, -0.2) is 18.4 Å². The van der Waals surface area contributed by atoms with Gasteiger partial charge in [-0.3, -0.25) is 4.90 Å². The number of aromatic nitrogens is 2. The summed E-state index contributed by atoms with van der Waals surface area (Å²) in [5.41, 5.74) is 2.06. The number of hydrogen-bond donors (Lipinski definition) is 1. The van der Waals surface area contributed by atoms with Gasteiger partial charge in [-0.15, -0.1) is 0 Å². The van der Waals surface area contributed by atoms with Crippen LogP contribution in [0.3, 0.4) is 0 Å². The topological polar surface area (TPSA) is 81.7 Å². The highest BCUT2D eigenvalue weighted by Gasteiger charge is 2.29. The smallest absolute Gasteiger partial charge is 0.243 e. The molecule has 194 valence electrons. The largest absolute Gasteiger partial charge is 0.369 e. The molecule has 9 heteroatoms. The summed E-state index contributed by atoms with van der Waals surface area (Å²) in [5.74, 6) is 1.99. The van der Waals surface area contributed by atoms with Gasteiger partial charge in [0.05, 0.1) is 17.0 Å². The lowest BCUT2D eigenvalue weighted by Crippen LogP contribution is -2.48. The number of benzene rings is 2. The number of rotatable bonds is 10. The minimum Gasteiger partial charge on any atom is -0.369 e. The summed E-state index contributed by atoms with van der Waals surface area (Å²) in [4.78, 5) is 14.4. The van der Waals surface area contributed by atoms with Gasteiger partial charge in [0.1, 0.15) is 11.6 Å². The van der Waals surface area contributed by atoms with Crippen molar-refractivity contribution in [2.24, 2.45) is 0 Å². The maximum atomic E-state index is 13.2. The van der Waals surface area contributed by atoms with Crippen molar-refractivity contribution in [3.8, 4) is 0 Å². The molecule has 2 aromatic carbocycles. The first-order chi connectivity index (χ1) is 17.2. The second-order valence-corrected chi connectivity index (χ2v) is 11.9. The van der Waals surface area contributed by atoms with Crippen molar-refractivity contribution in [1.82, 2.24) is 24.1 Å². The molecule has 1 N–H and O–H groups in total. The number of anilines is 1. The average molecular weight is 511 g/mol. The molecule has 1 aliphatic heterocycles. The van der Waals surface area contributed by atoms with Crippen LogP contribution in [0.2, 0.25) is 0 Å². The Kier molecular flexibility index (Phi) is 8.56. The van der Waals surface area contributed by atoms with Crippen LogP contribution in [0.25, 0.3) is 10.9 Å². The van der Waals surface area contributed by atoms with Gasteiger partial charge in [-0.1, -0.05) is 38.1 Å². The summed E-state index contributed by atoms with van der Waals surface area (Å²) < 4.78 is 27.9. The zero-order chi connectivity index (χ0) is 25.7. The van der Waals surface area contributed by atoms with Gasteiger partial charge in [0.15, 0.2) is 0 Å². The van der Waals surface area contributed by atoms with E-state index in [-0.39, 0.29) is 0 Å². The highest BCUT2D eigenvalue weighted by molar-refractivity contribution is 7.89. The van der Waals surface area contributed by atoms with E-state index >= 15 is 0 Å². The third kappa shape index (κ3) is 6.39. The molecule has 36 heavy (non-hydrogen) atoms. The summed E-state index contributed by atoms with van der Waals surface area (Å²) in [7, 11) is 0.657. The zero-order valence-electron chi connectivity index (χ0n) is 21.8. The summed E-state index contributed by atoms with van der Waals surface area (Å²) in [5, 5.41) is 4.51. The van der Waals surface area contributed by atoms with Crippen molar-refractivity contribution in [3.05, 3.63) is 59.9 Å². The highest BCUT2D eigenvalue weighted by Crippen LogP contribution is 2.23. The van der Waals surface area contributed by atoms with E-state index in [1.807, 2.05) is 36.4 Å². The molecular formula is C27H38N6O2S. The fraction of sp³-hybridized carbons (Fsp3) is 0.481. The number of hydrogen-bond acceptors (Lipinski definition) is 7. The molecule has 0 radical (unpaired) electrons. The maximum absolute atomic E-state index is 13.2. The van der Waals surface area contributed by atoms with Crippen molar-refractivity contribution in [2.75, 3.05) is 58.7 Å². The molecule has 0 saturated carbocycles. The monoisotopic (exact) mass is 510 g/mol. The van der Waals surface area contributed by atoms with E-state index in [2.05, 4.69) is 43.1 Å². The van der Waals surface area contributed by atoms with E-state index in [4.69, 9.17) is 9.97 Å². The third-order valence-electron chi connectivity index (χ3n) is 6.60. The van der Waals surface area contributed by atoms with Gasteiger partial charge in [0.25, 0.3) is 0 Å². The average Bonchev–Trinajstić information content (AvgIpc) is 2.87. The normalized spacial score (nSPS) is 15.7. The summed E-state index contributed by atoms with van der Waals surface area (Å²) in [6, 6.07) is 15.3. The first-order valence-corrected chi connectivity index (χ1v) is 14.1. The predicted octanol–water partition coefficient (Wildman–Crippen LogP) is 3.62. The van der Waals surface area contributed by atoms with E-state index in [0.717, 1.165) is 47.6 Å². The Morgan fingerprint density at radius 1 is 0.972 bits per heavy atom. The van der Waals surface area contributed by atoms with Gasteiger partial charge >= 0.3 is 0 Å². The molecule has 0 aliphatic carbocycles. The molecule has 1 saturated heterocycles. The van der Waals surface area contributed by atoms with Crippen LogP contribution in [0, 0.1) is 0 Å². The fourth-order valence-electron chi connectivity index (χ4n) is 4.43. The van der Waals surface area contributed by atoms with Gasteiger partial charge in [-0.05, 0) is 62.8 Å². The molecule has 1 aromatic heterocycles. The number of para-hydroxylation sites is 1. The van der Waals surface area contributed by atoms with Gasteiger partial charge in [0.2, 0.25) is 10.0 Å². The lowest BCUT2D eigenvalue weighted by molar-refractivity contribution is 0.178. The molecule has 0 atom stereocenters. The van der Waals surface area contributed by atoms with E-state index in [1.165, 1.54) is 0 Å². The Morgan fingerprint density at radius 3 is 2.33 bits per heavy atom. The first-order valence-electron chi connectivity index (χ1n) is 12.7. The van der Waals surface area contributed by atoms with Crippen LogP contribution < -0.4 is 5.32 Å². The van der Waals surface area contributed by atoms with Crippen LogP contribution in [0.5, 0.6) is 0 Å². The van der Waals surface area contributed by atoms with E-state index in [9.17, 15) is 8.42 Å². The third-order valence-corrected chi connectivity index (χ3v) is 8.52. The lowest BCUT2D eigenvalue weighted by atomic mass is 10.0. The van der Waals surface area contributed by atoms with Crippen molar-refractivity contribution in [2.45, 2.75) is 37.6 Å². The minimum absolute atomic E-state index is 0.364. The number of nitrogens with one attached hydrogen (secondary N) is 1. The zero-order valence-corrected chi connectivity index (χ0v) is 22.6. The molecule has 8 nitrogen and oxygen atoms in total. The fourth-order valence-corrected chi connectivity index (χ4v) is 5.86. The van der Waals surface area contributed by atoms with Crippen molar-refractivity contribution in [3.63, 3.8) is 0 Å². The minimum atomic E-state index is -3.49. The van der Waals surface area contributed by atoms with Crippen LogP contribution in [0.1, 0.15) is 37.6 Å². The molecule has 2 heterocycles. The Balaban J connectivity index is 1.40. The SMILES string of the molecule is CC(C)c1ccc(S(=O)(=O)N2CCN(Cc3nc(NCCCN(C)C)c4ccccc4n3)CC2)cc1. The summed E-state index contributed by atoms with van der Waals surface area (Å²) in [6.45, 7) is 8.85. The van der Waals surface area contributed by atoms with Gasteiger partial charge in [0, 0.05) is 38.1 Å². The van der Waals surface area contributed by atoms with Crippen LogP contribution >= 0.6 is 0 Å². The molecular weight excluding hydrogens is 472 g/mol. The van der Waals surface area contributed by atoms with Gasteiger partial charge in [-0.2, -0.15) is 4.31 Å². The number of sulfonamides is 1. The Morgan fingerprint density at radius 2 is 1.67 bits per heavy atom. The standard InChI is InChI=1S/C27H38N6O2S/c1-21(2)22-10-12-23(13-11-22)36(34,35)33-18-16-32(17-19-33)20-26-29-25-9-6-5-8-24(25)27(30-26)28-14-7-15-31(3)4/h5-6,8-13,21H,7,14-20H2,1-4H3,(H,28,29,30). The van der Waals surface area contributed by atoms with Crippen LogP contribution in [-0.2, 0) is 16.6 Å². The molecule has 0 spiro atoms. The van der Waals surface area contributed by atoms with E-state index in [1.54, 1.807) is 16.4 Å². The van der Waals surface area contributed by atoms with E-state index in [0.29, 0.717) is 43.5 Å². The molecule has 0 bridgehead atoms. The summed E-state index contributed by atoms with van der Waals surface area (Å²) >= 11 is 0.